The molecular weight excluding hydrogens is 446 g/mol. The van der Waals surface area contributed by atoms with Crippen LogP contribution in [0.25, 0.3) is 33.1 Å². The van der Waals surface area contributed by atoms with Crippen molar-refractivity contribution in [3.63, 3.8) is 0 Å². The number of carbonyl (C=O) groups is 1. The summed E-state index contributed by atoms with van der Waals surface area (Å²) in [6.07, 6.45) is 3.43. The Kier molecular flexibility index (Phi) is 5.70. The molecule has 160 valence electrons. The van der Waals surface area contributed by atoms with E-state index in [2.05, 4.69) is 31.5 Å². The second-order valence-corrected chi connectivity index (χ2v) is 8.98. The average molecular weight is 464 g/mol. The third-order valence-electron chi connectivity index (χ3n) is 4.53. The van der Waals surface area contributed by atoms with Gasteiger partial charge >= 0.3 is 0 Å². The first kappa shape index (κ1) is 20.4. The van der Waals surface area contributed by atoms with E-state index in [1.54, 1.807) is 36.8 Å². The van der Waals surface area contributed by atoms with Crippen molar-refractivity contribution in [3.8, 4) is 22.9 Å². The summed E-state index contributed by atoms with van der Waals surface area (Å²) in [5.74, 6) is 1.50. The smallest absolute Gasteiger partial charge is 0.226 e. The Balaban J connectivity index is 1.24. The normalized spacial score (nSPS) is 11.2. The highest BCUT2D eigenvalue weighted by Gasteiger charge is 2.18. The lowest BCUT2D eigenvalue weighted by Crippen LogP contribution is -2.12. The molecule has 4 heterocycles. The average Bonchev–Trinajstić information content (AvgIpc) is 3.55. The fourth-order valence-electron chi connectivity index (χ4n) is 3.04. The Labute approximate surface area is 191 Å². The summed E-state index contributed by atoms with van der Waals surface area (Å²) >= 11 is 2.82. The van der Waals surface area contributed by atoms with Crippen molar-refractivity contribution in [2.24, 2.45) is 0 Å². The van der Waals surface area contributed by atoms with E-state index in [4.69, 9.17) is 8.83 Å². The monoisotopic (exact) mass is 463 g/mol. The van der Waals surface area contributed by atoms with Crippen molar-refractivity contribution in [2.45, 2.75) is 18.5 Å². The van der Waals surface area contributed by atoms with Crippen molar-refractivity contribution in [1.29, 1.82) is 0 Å². The standard InChI is InChI=1S/C22H17N5O3S2/c1-13-6-7-14-17(12-13)32-21(23-14)24-18(28)8-11-31-22-25-19(15-4-2-9-29-15)20(26-27-22)16-5-3-10-30-16/h2-7,9-10,12H,8,11H2,1H3,(H,23,24,28). The highest BCUT2D eigenvalue weighted by Crippen LogP contribution is 2.31. The first-order chi connectivity index (χ1) is 15.7. The highest BCUT2D eigenvalue weighted by atomic mass is 32.2. The van der Waals surface area contributed by atoms with E-state index in [1.807, 2.05) is 19.1 Å². The van der Waals surface area contributed by atoms with Crippen LogP contribution >= 0.6 is 23.1 Å². The molecule has 0 aliphatic heterocycles. The van der Waals surface area contributed by atoms with Gasteiger partial charge in [0, 0.05) is 12.2 Å². The summed E-state index contributed by atoms with van der Waals surface area (Å²) in [7, 11) is 0. The van der Waals surface area contributed by atoms with Crippen LogP contribution in [0.5, 0.6) is 0 Å². The van der Waals surface area contributed by atoms with Crippen LogP contribution in [-0.2, 0) is 4.79 Å². The third-order valence-corrected chi connectivity index (χ3v) is 6.30. The Bertz CT molecular complexity index is 1360. The molecule has 1 N–H and O–H groups in total. The van der Waals surface area contributed by atoms with Gasteiger partial charge in [0.1, 0.15) is 5.69 Å². The van der Waals surface area contributed by atoms with Gasteiger partial charge in [0.2, 0.25) is 11.1 Å². The Hall–Kier alpha value is -3.50. The number of aryl methyl sites for hydroxylation is 1. The SMILES string of the molecule is Cc1ccc2nc(NC(=O)CCSc3nnc(-c4ccco4)c(-c4ccco4)n3)sc2c1. The van der Waals surface area contributed by atoms with Crippen molar-refractivity contribution in [1.82, 2.24) is 20.2 Å². The van der Waals surface area contributed by atoms with Gasteiger partial charge in [-0.3, -0.25) is 4.79 Å². The van der Waals surface area contributed by atoms with Crippen LogP contribution in [0.1, 0.15) is 12.0 Å². The molecule has 0 atom stereocenters. The number of amides is 1. The van der Waals surface area contributed by atoms with Crippen molar-refractivity contribution in [2.75, 3.05) is 11.1 Å². The third kappa shape index (κ3) is 4.41. The number of aromatic nitrogens is 4. The molecule has 0 saturated heterocycles. The summed E-state index contributed by atoms with van der Waals surface area (Å²) in [5.41, 5.74) is 3.08. The van der Waals surface area contributed by atoms with Gasteiger partial charge in [-0.25, -0.2) is 9.97 Å². The molecule has 0 saturated carbocycles. The zero-order valence-electron chi connectivity index (χ0n) is 16.9. The van der Waals surface area contributed by atoms with Crippen LogP contribution in [0.3, 0.4) is 0 Å². The molecule has 4 aromatic heterocycles. The first-order valence-corrected chi connectivity index (χ1v) is 11.6. The van der Waals surface area contributed by atoms with Crippen LogP contribution in [0, 0.1) is 6.92 Å². The minimum absolute atomic E-state index is 0.111. The Morgan fingerprint density at radius 3 is 2.56 bits per heavy atom. The van der Waals surface area contributed by atoms with Crippen LogP contribution in [0.2, 0.25) is 0 Å². The van der Waals surface area contributed by atoms with Crippen LogP contribution in [0.4, 0.5) is 5.13 Å². The van der Waals surface area contributed by atoms with Crippen molar-refractivity contribution in [3.05, 3.63) is 60.6 Å². The number of benzene rings is 1. The molecule has 0 fully saturated rings. The molecule has 0 unspecified atom stereocenters. The molecule has 32 heavy (non-hydrogen) atoms. The predicted octanol–water partition coefficient (Wildman–Crippen LogP) is 5.43. The lowest BCUT2D eigenvalue weighted by molar-refractivity contribution is -0.115. The predicted molar refractivity (Wildman–Crippen MR) is 124 cm³/mol. The molecule has 10 heteroatoms. The number of nitrogens with zero attached hydrogens (tertiary/aromatic N) is 4. The van der Waals surface area contributed by atoms with Crippen LogP contribution < -0.4 is 5.32 Å². The molecule has 5 aromatic rings. The molecule has 5 rings (SSSR count). The zero-order valence-corrected chi connectivity index (χ0v) is 18.6. The lowest BCUT2D eigenvalue weighted by atomic mass is 10.2. The quantitative estimate of drug-likeness (QED) is 0.318. The summed E-state index contributed by atoms with van der Waals surface area (Å²) < 4.78 is 12.0. The van der Waals surface area contributed by atoms with Gasteiger partial charge in [-0.05, 0) is 48.9 Å². The fourth-order valence-corrected chi connectivity index (χ4v) is 4.74. The number of hydrogen-bond donors (Lipinski definition) is 1. The van der Waals surface area contributed by atoms with Gasteiger partial charge in [-0.1, -0.05) is 29.2 Å². The molecule has 1 amide bonds. The maximum atomic E-state index is 12.4. The molecule has 0 spiro atoms. The molecule has 8 nitrogen and oxygen atoms in total. The van der Waals surface area contributed by atoms with E-state index in [0.717, 1.165) is 15.8 Å². The molecule has 1 aromatic carbocycles. The van der Waals surface area contributed by atoms with Gasteiger partial charge in [0.05, 0.1) is 22.7 Å². The number of nitrogens with one attached hydrogen (secondary N) is 1. The van der Waals surface area contributed by atoms with Crippen molar-refractivity contribution < 1.29 is 13.6 Å². The second kappa shape index (κ2) is 8.93. The van der Waals surface area contributed by atoms with E-state index >= 15 is 0 Å². The number of furan rings is 2. The van der Waals surface area contributed by atoms with Gasteiger partial charge < -0.3 is 14.2 Å². The minimum atomic E-state index is -0.111. The lowest BCUT2D eigenvalue weighted by Gasteiger charge is -2.05. The van der Waals surface area contributed by atoms with E-state index in [-0.39, 0.29) is 5.91 Å². The van der Waals surface area contributed by atoms with Crippen LogP contribution in [0.15, 0.2) is 69.0 Å². The molecule has 0 aliphatic rings. The number of hydrogen-bond acceptors (Lipinski definition) is 9. The minimum Gasteiger partial charge on any atom is -0.463 e. The Morgan fingerprint density at radius 1 is 1.03 bits per heavy atom. The van der Waals surface area contributed by atoms with Crippen LogP contribution in [-0.4, -0.2) is 31.8 Å². The Morgan fingerprint density at radius 2 is 1.81 bits per heavy atom. The number of thioether (sulfide) groups is 1. The van der Waals surface area contributed by atoms with E-state index in [9.17, 15) is 4.79 Å². The summed E-state index contributed by atoms with van der Waals surface area (Å²) in [4.78, 5) is 21.4. The van der Waals surface area contributed by atoms with E-state index in [0.29, 0.717) is 45.4 Å². The summed E-state index contributed by atoms with van der Waals surface area (Å²) in [6, 6.07) is 13.2. The largest absolute Gasteiger partial charge is 0.463 e. The van der Waals surface area contributed by atoms with E-state index < -0.39 is 0 Å². The van der Waals surface area contributed by atoms with Crippen molar-refractivity contribution >= 4 is 44.4 Å². The number of anilines is 1. The second-order valence-electron chi connectivity index (χ2n) is 6.88. The number of thiazole rings is 1. The fraction of sp³-hybridized carbons (Fsp3) is 0.136. The first-order valence-electron chi connectivity index (χ1n) is 9.78. The zero-order chi connectivity index (χ0) is 21.9. The summed E-state index contributed by atoms with van der Waals surface area (Å²) in [5, 5.41) is 12.4. The summed E-state index contributed by atoms with van der Waals surface area (Å²) in [6.45, 7) is 2.03. The topological polar surface area (TPSA) is 107 Å². The molecule has 0 bridgehead atoms. The van der Waals surface area contributed by atoms with E-state index in [1.165, 1.54) is 23.1 Å². The number of carbonyl (C=O) groups excluding carboxylic acids is 1. The highest BCUT2D eigenvalue weighted by molar-refractivity contribution is 7.99. The maximum absolute atomic E-state index is 12.4. The molecule has 0 radical (unpaired) electrons. The van der Waals surface area contributed by atoms with Gasteiger partial charge in [0.15, 0.2) is 22.3 Å². The maximum Gasteiger partial charge on any atom is 0.226 e. The molecular formula is C22H17N5O3S2. The van der Waals surface area contributed by atoms with Gasteiger partial charge in [-0.2, -0.15) is 0 Å². The van der Waals surface area contributed by atoms with Gasteiger partial charge in [-0.15, -0.1) is 10.2 Å². The van der Waals surface area contributed by atoms with Gasteiger partial charge in [0.25, 0.3) is 0 Å². The number of rotatable bonds is 7. The molecule has 0 aliphatic carbocycles. The number of fused-ring (bicyclic) bond motifs is 1.